The third-order valence-corrected chi connectivity index (χ3v) is 5.04. The number of fused-ring (bicyclic) bond motifs is 1. The van der Waals surface area contributed by atoms with Crippen LogP contribution in [0.3, 0.4) is 0 Å². The number of hydrogen-bond acceptors (Lipinski definition) is 4. The average Bonchev–Trinajstić information content (AvgIpc) is 3.12. The van der Waals surface area contributed by atoms with Crippen LogP contribution < -0.4 is 0 Å². The Bertz CT molecular complexity index is 730. The Morgan fingerprint density at radius 3 is 2.72 bits per heavy atom. The maximum Gasteiger partial charge on any atom is 0.257 e. The summed E-state index contributed by atoms with van der Waals surface area (Å²) in [5.41, 5.74) is 1.76. The van der Waals surface area contributed by atoms with Crippen molar-refractivity contribution in [3.63, 3.8) is 0 Å². The lowest BCUT2D eigenvalue weighted by Gasteiger charge is -2.28. The lowest BCUT2D eigenvalue weighted by Crippen LogP contribution is -2.39. The summed E-state index contributed by atoms with van der Waals surface area (Å²) >= 11 is 0. The van der Waals surface area contributed by atoms with E-state index in [1.54, 1.807) is 0 Å². The van der Waals surface area contributed by atoms with Gasteiger partial charge in [0.2, 0.25) is 0 Å². The molecular weight excluding hydrogens is 316 g/mol. The Morgan fingerprint density at radius 1 is 1.32 bits per heavy atom. The van der Waals surface area contributed by atoms with E-state index in [-0.39, 0.29) is 5.91 Å². The van der Waals surface area contributed by atoms with Crippen molar-refractivity contribution in [3.05, 3.63) is 41.1 Å². The highest BCUT2D eigenvalue weighted by Gasteiger charge is 2.28. The molecule has 1 aliphatic heterocycles. The Labute approximate surface area is 149 Å². The van der Waals surface area contributed by atoms with E-state index in [1.165, 1.54) is 0 Å². The fourth-order valence-electron chi connectivity index (χ4n) is 3.66. The van der Waals surface area contributed by atoms with Gasteiger partial charge in [-0.25, -0.2) is 0 Å². The van der Waals surface area contributed by atoms with Crippen molar-refractivity contribution in [2.24, 2.45) is 5.92 Å². The zero-order valence-corrected chi connectivity index (χ0v) is 15.7. The fraction of sp³-hybridized carbons (Fsp3) is 0.579. The number of furan rings is 1. The average molecular weight is 344 g/mol. The minimum atomic E-state index is 0.0496. The van der Waals surface area contributed by atoms with Crippen LogP contribution in [0.15, 0.2) is 22.7 Å². The SMILES string of the molecule is CCN(CC)C[C@H]1CN(C(=O)c2cc(C)oc2C)Cc2ccnn2C1. The molecule has 25 heavy (non-hydrogen) atoms. The van der Waals surface area contributed by atoms with Gasteiger partial charge in [-0.15, -0.1) is 0 Å². The summed E-state index contributed by atoms with van der Waals surface area (Å²) in [6.07, 6.45) is 1.82. The van der Waals surface area contributed by atoms with Crippen LogP contribution >= 0.6 is 0 Å². The first kappa shape index (κ1) is 17.7. The number of hydrogen-bond donors (Lipinski definition) is 0. The van der Waals surface area contributed by atoms with E-state index in [1.807, 2.05) is 37.1 Å². The first-order valence-corrected chi connectivity index (χ1v) is 9.11. The van der Waals surface area contributed by atoms with E-state index < -0.39 is 0 Å². The third kappa shape index (κ3) is 3.79. The summed E-state index contributed by atoms with van der Waals surface area (Å²) in [5, 5.41) is 4.46. The normalized spacial score (nSPS) is 17.6. The number of amides is 1. The molecule has 0 aromatic carbocycles. The summed E-state index contributed by atoms with van der Waals surface area (Å²) in [7, 11) is 0. The van der Waals surface area contributed by atoms with Crippen LogP contribution in [0.2, 0.25) is 0 Å². The maximum absolute atomic E-state index is 13.1. The second-order valence-electron chi connectivity index (χ2n) is 6.87. The van der Waals surface area contributed by atoms with Gasteiger partial charge in [0, 0.05) is 31.7 Å². The Kier molecular flexibility index (Phi) is 5.27. The minimum Gasteiger partial charge on any atom is -0.466 e. The lowest BCUT2D eigenvalue weighted by atomic mass is 10.1. The van der Waals surface area contributed by atoms with Gasteiger partial charge in [0.15, 0.2) is 0 Å². The molecule has 0 bridgehead atoms. The van der Waals surface area contributed by atoms with Crippen LogP contribution in [0.1, 0.15) is 41.4 Å². The van der Waals surface area contributed by atoms with Gasteiger partial charge in [-0.1, -0.05) is 13.8 Å². The molecule has 0 saturated heterocycles. The van der Waals surface area contributed by atoms with Gasteiger partial charge in [-0.05, 0) is 39.1 Å². The van der Waals surface area contributed by atoms with E-state index >= 15 is 0 Å². The molecule has 2 aromatic rings. The molecule has 3 rings (SSSR count). The summed E-state index contributed by atoms with van der Waals surface area (Å²) in [4.78, 5) is 17.5. The Morgan fingerprint density at radius 2 is 2.08 bits per heavy atom. The van der Waals surface area contributed by atoms with Gasteiger partial charge in [0.05, 0.1) is 17.8 Å². The van der Waals surface area contributed by atoms with E-state index in [4.69, 9.17) is 4.42 Å². The number of carbonyl (C=O) groups is 1. The van der Waals surface area contributed by atoms with Gasteiger partial charge < -0.3 is 14.2 Å². The van der Waals surface area contributed by atoms with Crippen LogP contribution in [0.25, 0.3) is 0 Å². The van der Waals surface area contributed by atoms with E-state index in [2.05, 4.69) is 28.5 Å². The number of aromatic nitrogens is 2. The highest BCUT2D eigenvalue weighted by molar-refractivity contribution is 5.95. The molecule has 0 saturated carbocycles. The minimum absolute atomic E-state index is 0.0496. The largest absolute Gasteiger partial charge is 0.466 e. The highest BCUT2D eigenvalue weighted by atomic mass is 16.3. The van der Waals surface area contributed by atoms with Gasteiger partial charge >= 0.3 is 0 Å². The van der Waals surface area contributed by atoms with Crippen LogP contribution in [-0.2, 0) is 13.1 Å². The van der Waals surface area contributed by atoms with Crippen LogP contribution in [-0.4, -0.2) is 51.7 Å². The van der Waals surface area contributed by atoms with Gasteiger partial charge in [-0.2, -0.15) is 5.10 Å². The Hall–Kier alpha value is -2.08. The van der Waals surface area contributed by atoms with Crippen molar-refractivity contribution in [2.45, 2.75) is 40.8 Å². The van der Waals surface area contributed by atoms with Crippen LogP contribution in [0.4, 0.5) is 0 Å². The third-order valence-electron chi connectivity index (χ3n) is 5.04. The van der Waals surface area contributed by atoms with Crippen molar-refractivity contribution < 1.29 is 9.21 Å². The second-order valence-corrected chi connectivity index (χ2v) is 6.87. The zero-order valence-electron chi connectivity index (χ0n) is 15.7. The molecule has 1 atom stereocenters. The van der Waals surface area contributed by atoms with Crippen LogP contribution in [0.5, 0.6) is 0 Å². The topological polar surface area (TPSA) is 54.5 Å². The molecule has 6 heteroatoms. The molecule has 0 aliphatic carbocycles. The Balaban J connectivity index is 1.85. The molecule has 3 heterocycles. The molecule has 1 aliphatic rings. The number of rotatable bonds is 5. The summed E-state index contributed by atoms with van der Waals surface area (Å²) in [6.45, 7) is 13.3. The van der Waals surface area contributed by atoms with E-state index in [9.17, 15) is 4.79 Å². The van der Waals surface area contributed by atoms with E-state index in [0.717, 1.165) is 44.2 Å². The summed E-state index contributed by atoms with van der Waals surface area (Å²) < 4.78 is 7.62. The molecule has 2 aromatic heterocycles. The molecule has 0 radical (unpaired) electrons. The first-order chi connectivity index (χ1) is 12.0. The van der Waals surface area contributed by atoms with Crippen molar-refractivity contribution in [2.75, 3.05) is 26.2 Å². The molecule has 0 N–H and O–H groups in total. The summed E-state index contributed by atoms with van der Waals surface area (Å²) in [5.74, 6) is 1.88. The monoisotopic (exact) mass is 344 g/mol. The predicted molar refractivity (Wildman–Crippen MR) is 96.4 cm³/mol. The molecule has 0 unspecified atom stereocenters. The van der Waals surface area contributed by atoms with Gasteiger partial charge in [0.25, 0.3) is 5.91 Å². The van der Waals surface area contributed by atoms with E-state index in [0.29, 0.717) is 23.8 Å². The quantitative estimate of drug-likeness (QED) is 0.837. The van der Waals surface area contributed by atoms with Crippen molar-refractivity contribution in [1.29, 1.82) is 0 Å². The molecule has 6 nitrogen and oxygen atoms in total. The smallest absolute Gasteiger partial charge is 0.257 e. The fourth-order valence-corrected chi connectivity index (χ4v) is 3.66. The van der Waals surface area contributed by atoms with Gasteiger partial charge in [0.1, 0.15) is 11.5 Å². The zero-order chi connectivity index (χ0) is 18.0. The predicted octanol–water partition coefficient (Wildman–Crippen LogP) is 2.71. The maximum atomic E-state index is 13.1. The molecule has 136 valence electrons. The highest BCUT2D eigenvalue weighted by Crippen LogP contribution is 2.22. The number of aryl methyl sites for hydroxylation is 2. The van der Waals surface area contributed by atoms with Crippen LogP contribution in [0, 0.1) is 19.8 Å². The molecule has 0 spiro atoms. The second kappa shape index (κ2) is 7.44. The van der Waals surface area contributed by atoms with Gasteiger partial charge in [-0.3, -0.25) is 9.48 Å². The molecule has 0 fully saturated rings. The molecule has 1 amide bonds. The summed E-state index contributed by atoms with van der Waals surface area (Å²) in [6, 6.07) is 3.85. The first-order valence-electron chi connectivity index (χ1n) is 9.11. The number of carbonyl (C=O) groups excluding carboxylic acids is 1. The van der Waals surface area contributed by atoms with Crippen molar-refractivity contribution in [3.8, 4) is 0 Å². The van der Waals surface area contributed by atoms with Crippen molar-refractivity contribution in [1.82, 2.24) is 19.6 Å². The van der Waals surface area contributed by atoms with Crippen molar-refractivity contribution >= 4 is 5.91 Å². The lowest BCUT2D eigenvalue weighted by molar-refractivity contribution is 0.0704. The standard InChI is InChI=1S/C19H28N4O2/c1-5-21(6-2)10-16-11-22(13-17-7-8-20-23(17)12-16)19(24)18-9-14(3)25-15(18)4/h7-9,16H,5-6,10-13H2,1-4H3/t16-/m0/s1. The molecular formula is C19H28N4O2. The number of nitrogens with zero attached hydrogens (tertiary/aromatic N) is 4.